The summed E-state index contributed by atoms with van der Waals surface area (Å²) in [4.78, 5) is 17.2. The first kappa shape index (κ1) is 16.4. The molecule has 1 unspecified atom stereocenters. The minimum absolute atomic E-state index is 0.0827. The molecule has 1 heterocycles. The van der Waals surface area contributed by atoms with E-state index >= 15 is 0 Å². The van der Waals surface area contributed by atoms with Crippen molar-refractivity contribution >= 4 is 39.0 Å². The smallest absolute Gasteiger partial charge is 0.253 e. The topological polar surface area (TPSA) is 49.6 Å². The Morgan fingerprint density at radius 3 is 2.57 bits per heavy atom. The summed E-state index contributed by atoms with van der Waals surface area (Å²) < 4.78 is 0.923. The molecule has 1 amide bonds. The number of nitrogens with two attached hydrogens (primary N) is 1. The van der Waals surface area contributed by atoms with Crippen molar-refractivity contribution in [3.63, 3.8) is 0 Å². The summed E-state index contributed by atoms with van der Waals surface area (Å²) in [7, 11) is 0. The Hall–Kier alpha value is -0.980. The van der Waals surface area contributed by atoms with Crippen molar-refractivity contribution in [1.29, 1.82) is 0 Å². The standard InChI is InChI=1S/C15H20BrN3OS/c1-2-13(14(17)21)18-6-8-19(9-7-18)15(20)11-4-3-5-12(16)10-11/h3-5,10,13H,2,6-9H2,1H3,(H2,17,21). The summed E-state index contributed by atoms with van der Waals surface area (Å²) in [5, 5.41) is 0. The number of carbonyl (C=O) groups is 1. The third-order valence-electron chi connectivity index (χ3n) is 3.83. The average molecular weight is 370 g/mol. The lowest BCUT2D eigenvalue weighted by Crippen LogP contribution is -2.54. The summed E-state index contributed by atoms with van der Waals surface area (Å²) in [6.07, 6.45) is 0.912. The number of halogens is 1. The molecule has 2 rings (SSSR count). The van der Waals surface area contributed by atoms with Gasteiger partial charge in [-0.1, -0.05) is 41.1 Å². The van der Waals surface area contributed by atoms with Crippen LogP contribution in [0, 0.1) is 0 Å². The number of hydrogen-bond donors (Lipinski definition) is 1. The van der Waals surface area contributed by atoms with Gasteiger partial charge in [0.2, 0.25) is 0 Å². The second kappa shape index (κ2) is 7.33. The first-order chi connectivity index (χ1) is 10.0. The van der Waals surface area contributed by atoms with Gasteiger partial charge >= 0.3 is 0 Å². The molecule has 0 bridgehead atoms. The van der Waals surface area contributed by atoms with Crippen LogP contribution in [0.25, 0.3) is 0 Å². The molecule has 2 N–H and O–H groups in total. The molecule has 21 heavy (non-hydrogen) atoms. The molecular weight excluding hydrogens is 350 g/mol. The molecule has 1 aliphatic heterocycles. The van der Waals surface area contributed by atoms with Crippen LogP contribution in [0.3, 0.4) is 0 Å². The van der Waals surface area contributed by atoms with Gasteiger partial charge in [-0.3, -0.25) is 9.69 Å². The number of rotatable bonds is 4. The maximum absolute atomic E-state index is 12.5. The highest BCUT2D eigenvalue weighted by Gasteiger charge is 2.27. The van der Waals surface area contributed by atoms with Crippen LogP contribution in [0.4, 0.5) is 0 Å². The monoisotopic (exact) mass is 369 g/mol. The largest absolute Gasteiger partial charge is 0.392 e. The van der Waals surface area contributed by atoms with Gasteiger partial charge in [0.25, 0.3) is 5.91 Å². The number of hydrogen-bond acceptors (Lipinski definition) is 3. The highest BCUT2D eigenvalue weighted by atomic mass is 79.9. The van der Waals surface area contributed by atoms with Gasteiger partial charge in [0, 0.05) is 36.2 Å². The number of nitrogens with zero attached hydrogens (tertiary/aromatic N) is 2. The Morgan fingerprint density at radius 1 is 1.38 bits per heavy atom. The van der Waals surface area contributed by atoms with Gasteiger partial charge < -0.3 is 10.6 Å². The van der Waals surface area contributed by atoms with Crippen LogP contribution in [0.2, 0.25) is 0 Å². The minimum atomic E-state index is 0.0827. The zero-order valence-corrected chi connectivity index (χ0v) is 14.5. The summed E-state index contributed by atoms with van der Waals surface area (Å²) in [5.74, 6) is 0.0827. The predicted molar refractivity (Wildman–Crippen MR) is 92.5 cm³/mol. The zero-order valence-electron chi connectivity index (χ0n) is 12.1. The molecule has 0 aliphatic carbocycles. The van der Waals surface area contributed by atoms with Crippen LogP contribution >= 0.6 is 28.1 Å². The molecule has 1 atom stereocenters. The van der Waals surface area contributed by atoms with Crippen LogP contribution < -0.4 is 5.73 Å². The van der Waals surface area contributed by atoms with E-state index in [1.165, 1.54) is 0 Å². The van der Waals surface area contributed by atoms with E-state index in [2.05, 4.69) is 27.8 Å². The van der Waals surface area contributed by atoms with E-state index < -0.39 is 0 Å². The van der Waals surface area contributed by atoms with E-state index in [0.717, 1.165) is 29.5 Å². The van der Waals surface area contributed by atoms with Gasteiger partial charge in [-0.15, -0.1) is 0 Å². The molecular formula is C15H20BrN3OS. The van der Waals surface area contributed by atoms with Gasteiger partial charge in [-0.05, 0) is 24.6 Å². The van der Waals surface area contributed by atoms with Gasteiger partial charge in [-0.25, -0.2) is 0 Å². The first-order valence-electron chi connectivity index (χ1n) is 7.11. The fraction of sp³-hybridized carbons (Fsp3) is 0.467. The highest BCUT2D eigenvalue weighted by Crippen LogP contribution is 2.16. The lowest BCUT2D eigenvalue weighted by atomic mass is 10.1. The maximum Gasteiger partial charge on any atom is 0.253 e. The molecule has 0 aromatic heterocycles. The Kier molecular flexibility index (Phi) is 5.72. The van der Waals surface area contributed by atoms with Crippen molar-refractivity contribution < 1.29 is 4.79 Å². The normalized spacial score (nSPS) is 17.5. The third-order valence-corrected chi connectivity index (χ3v) is 4.59. The Bertz CT molecular complexity index is 529. The zero-order chi connectivity index (χ0) is 15.4. The lowest BCUT2D eigenvalue weighted by molar-refractivity contribution is 0.0611. The van der Waals surface area contributed by atoms with Crippen LogP contribution in [-0.4, -0.2) is 52.9 Å². The van der Waals surface area contributed by atoms with E-state index in [1.54, 1.807) is 0 Å². The van der Waals surface area contributed by atoms with Crippen molar-refractivity contribution in [3.05, 3.63) is 34.3 Å². The van der Waals surface area contributed by atoms with Crippen molar-refractivity contribution in [2.24, 2.45) is 5.73 Å². The molecule has 6 heteroatoms. The maximum atomic E-state index is 12.5. The predicted octanol–water partition coefficient (Wildman–Crippen LogP) is 2.27. The van der Waals surface area contributed by atoms with Crippen molar-refractivity contribution in [2.75, 3.05) is 26.2 Å². The van der Waals surface area contributed by atoms with E-state index in [0.29, 0.717) is 18.1 Å². The molecule has 1 aromatic rings. The van der Waals surface area contributed by atoms with Gasteiger partial charge in [-0.2, -0.15) is 0 Å². The van der Waals surface area contributed by atoms with Crippen molar-refractivity contribution in [3.8, 4) is 0 Å². The van der Waals surface area contributed by atoms with Crippen LogP contribution in [0.1, 0.15) is 23.7 Å². The molecule has 0 saturated carbocycles. The minimum Gasteiger partial charge on any atom is -0.392 e. The Balaban J connectivity index is 1.97. The second-order valence-corrected chi connectivity index (χ2v) is 6.55. The van der Waals surface area contributed by atoms with E-state index in [4.69, 9.17) is 18.0 Å². The number of thiocarbonyl (C=S) groups is 1. The fourth-order valence-corrected chi connectivity index (χ4v) is 3.40. The first-order valence-corrected chi connectivity index (χ1v) is 8.31. The van der Waals surface area contributed by atoms with Crippen LogP contribution in [0.5, 0.6) is 0 Å². The number of amides is 1. The molecule has 0 spiro atoms. The summed E-state index contributed by atoms with van der Waals surface area (Å²) >= 11 is 8.52. The van der Waals surface area contributed by atoms with Crippen LogP contribution in [0.15, 0.2) is 28.7 Å². The van der Waals surface area contributed by atoms with E-state index in [1.807, 2.05) is 29.2 Å². The van der Waals surface area contributed by atoms with Gasteiger partial charge in [0.15, 0.2) is 0 Å². The molecule has 114 valence electrons. The SMILES string of the molecule is CCC(C(N)=S)N1CCN(C(=O)c2cccc(Br)c2)CC1. The lowest BCUT2D eigenvalue weighted by Gasteiger charge is -2.38. The molecule has 1 fully saturated rings. The number of piperazine rings is 1. The average Bonchev–Trinajstić information content (AvgIpc) is 2.47. The fourth-order valence-electron chi connectivity index (χ4n) is 2.68. The van der Waals surface area contributed by atoms with Crippen LogP contribution in [-0.2, 0) is 0 Å². The summed E-state index contributed by atoms with van der Waals surface area (Å²) in [6.45, 7) is 5.14. The number of benzene rings is 1. The Morgan fingerprint density at radius 2 is 2.05 bits per heavy atom. The summed E-state index contributed by atoms with van der Waals surface area (Å²) in [5.41, 5.74) is 6.51. The van der Waals surface area contributed by atoms with Crippen molar-refractivity contribution in [2.45, 2.75) is 19.4 Å². The van der Waals surface area contributed by atoms with Gasteiger partial charge in [0.05, 0.1) is 11.0 Å². The molecule has 4 nitrogen and oxygen atoms in total. The van der Waals surface area contributed by atoms with Gasteiger partial charge in [0.1, 0.15) is 0 Å². The third kappa shape index (κ3) is 4.02. The quantitative estimate of drug-likeness (QED) is 0.827. The number of carbonyl (C=O) groups excluding carboxylic acids is 1. The van der Waals surface area contributed by atoms with E-state index in [9.17, 15) is 4.79 Å². The van der Waals surface area contributed by atoms with Crippen molar-refractivity contribution in [1.82, 2.24) is 9.80 Å². The second-order valence-electron chi connectivity index (χ2n) is 5.16. The highest BCUT2D eigenvalue weighted by molar-refractivity contribution is 9.10. The molecule has 0 radical (unpaired) electrons. The molecule has 1 saturated heterocycles. The molecule has 1 aliphatic rings. The molecule has 1 aromatic carbocycles. The Labute approximate surface area is 139 Å². The van der Waals surface area contributed by atoms with E-state index in [-0.39, 0.29) is 11.9 Å². The summed E-state index contributed by atoms with van der Waals surface area (Å²) in [6, 6.07) is 7.65.